The van der Waals surface area contributed by atoms with Crippen molar-refractivity contribution in [2.75, 3.05) is 6.54 Å². The third-order valence-corrected chi connectivity index (χ3v) is 3.62. The van der Waals surface area contributed by atoms with Crippen LogP contribution in [0, 0.1) is 5.92 Å². The Kier molecular flexibility index (Phi) is 4.73. The number of amides is 2. The lowest BCUT2D eigenvalue weighted by Gasteiger charge is -2.18. The second-order valence-corrected chi connectivity index (χ2v) is 5.49. The molecule has 7 heteroatoms. The Labute approximate surface area is 126 Å². The van der Waals surface area contributed by atoms with Crippen molar-refractivity contribution in [3.05, 3.63) is 35.4 Å². The highest BCUT2D eigenvalue weighted by atomic mass is 19.4. The molecule has 1 aliphatic rings. The molecule has 0 saturated carbocycles. The van der Waals surface area contributed by atoms with Crippen LogP contribution >= 0.6 is 0 Å². The summed E-state index contributed by atoms with van der Waals surface area (Å²) in [5, 5.41) is 4.42. The first kappa shape index (κ1) is 16.3. The molecule has 0 heterocycles. The van der Waals surface area contributed by atoms with E-state index in [1.165, 1.54) is 0 Å². The summed E-state index contributed by atoms with van der Waals surface area (Å²) in [6.07, 6.45) is -4.27. The Morgan fingerprint density at radius 2 is 1.91 bits per heavy atom. The van der Waals surface area contributed by atoms with Crippen LogP contribution in [0.15, 0.2) is 24.3 Å². The highest BCUT2D eigenvalue weighted by molar-refractivity contribution is 5.97. The van der Waals surface area contributed by atoms with Crippen molar-refractivity contribution in [3.8, 4) is 0 Å². The van der Waals surface area contributed by atoms with Gasteiger partial charge in [-0.05, 0) is 23.5 Å². The monoisotopic (exact) mass is 314 g/mol. The maximum absolute atomic E-state index is 12.0. The molecule has 1 aliphatic carbocycles. The molecule has 2 atom stereocenters. The van der Waals surface area contributed by atoms with Gasteiger partial charge in [0, 0.05) is 0 Å². The van der Waals surface area contributed by atoms with Gasteiger partial charge < -0.3 is 10.6 Å². The van der Waals surface area contributed by atoms with Crippen LogP contribution in [-0.2, 0) is 16.0 Å². The molecule has 0 saturated heterocycles. The molecular formula is C15H17F3N2O2. The van der Waals surface area contributed by atoms with Gasteiger partial charge in [0.05, 0.1) is 6.04 Å². The van der Waals surface area contributed by atoms with E-state index in [1.54, 1.807) is 5.32 Å². The van der Waals surface area contributed by atoms with Crippen molar-refractivity contribution in [2.24, 2.45) is 5.92 Å². The number of carbonyl (C=O) groups excluding carboxylic acids is 2. The number of carbonyl (C=O) groups is 2. The smallest absolute Gasteiger partial charge is 0.349 e. The lowest BCUT2D eigenvalue weighted by molar-refractivity contribution is -0.141. The summed E-state index contributed by atoms with van der Waals surface area (Å²) in [6, 6.07) is 7.47. The number of rotatable bonds is 4. The molecule has 0 spiro atoms. The van der Waals surface area contributed by atoms with E-state index in [1.807, 2.05) is 31.2 Å². The fourth-order valence-corrected chi connectivity index (χ4v) is 2.65. The van der Waals surface area contributed by atoms with E-state index in [0.717, 1.165) is 17.5 Å². The summed E-state index contributed by atoms with van der Waals surface area (Å²) >= 11 is 0. The molecule has 2 rings (SSSR count). The normalized spacial score (nSPS) is 20.4. The highest BCUT2D eigenvalue weighted by Gasteiger charge is 2.31. The van der Waals surface area contributed by atoms with E-state index >= 15 is 0 Å². The van der Waals surface area contributed by atoms with Crippen molar-refractivity contribution >= 4 is 11.8 Å². The average molecular weight is 314 g/mol. The molecule has 2 amide bonds. The molecule has 0 aliphatic heterocycles. The number of halogens is 3. The maximum Gasteiger partial charge on any atom is 0.405 e. The van der Waals surface area contributed by atoms with Crippen molar-refractivity contribution in [3.63, 3.8) is 0 Å². The summed E-state index contributed by atoms with van der Waals surface area (Å²) in [5.74, 6) is -1.33. The summed E-state index contributed by atoms with van der Waals surface area (Å²) in [7, 11) is 0. The minimum absolute atomic E-state index is 0.180. The Morgan fingerprint density at radius 1 is 1.23 bits per heavy atom. The molecule has 1 aromatic rings. The number of hydrogen-bond donors (Lipinski definition) is 2. The van der Waals surface area contributed by atoms with Gasteiger partial charge in [-0.2, -0.15) is 13.2 Å². The van der Waals surface area contributed by atoms with Gasteiger partial charge in [-0.3, -0.25) is 9.59 Å². The summed E-state index contributed by atoms with van der Waals surface area (Å²) < 4.78 is 35.9. The predicted molar refractivity (Wildman–Crippen MR) is 73.9 cm³/mol. The van der Waals surface area contributed by atoms with Gasteiger partial charge in [0.1, 0.15) is 13.0 Å². The molecule has 120 valence electrons. The van der Waals surface area contributed by atoms with Crippen LogP contribution in [0.3, 0.4) is 0 Å². The van der Waals surface area contributed by atoms with E-state index < -0.39 is 31.0 Å². The molecule has 0 radical (unpaired) electrons. The molecular weight excluding hydrogens is 297 g/mol. The fraction of sp³-hybridized carbons (Fsp3) is 0.467. The SMILES string of the molecule is C[C@H]1Cc2ccccc2[C@@H]1NC(=O)CC(=O)NCC(F)(F)F. The number of fused-ring (bicyclic) bond motifs is 1. The number of alkyl halides is 3. The fourth-order valence-electron chi connectivity index (χ4n) is 2.65. The van der Waals surface area contributed by atoms with Crippen LogP contribution in [-0.4, -0.2) is 24.5 Å². The van der Waals surface area contributed by atoms with E-state index in [-0.39, 0.29) is 12.0 Å². The topological polar surface area (TPSA) is 58.2 Å². The Hall–Kier alpha value is -2.05. The number of nitrogens with one attached hydrogen (secondary N) is 2. The molecule has 2 N–H and O–H groups in total. The first-order valence-corrected chi connectivity index (χ1v) is 6.97. The minimum Gasteiger partial charge on any atom is -0.349 e. The largest absolute Gasteiger partial charge is 0.405 e. The van der Waals surface area contributed by atoms with Crippen LogP contribution < -0.4 is 10.6 Å². The second-order valence-electron chi connectivity index (χ2n) is 5.49. The quantitative estimate of drug-likeness (QED) is 0.836. The molecule has 22 heavy (non-hydrogen) atoms. The van der Waals surface area contributed by atoms with Crippen LogP contribution in [0.5, 0.6) is 0 Å². The maximum atomic E-state index is 12.0. The van der Waals surface area contributed by atoms with Gasteiger partial charge in [0.2, 0.25) is 11.8 Å². The number of benzene rings is 1. The van der Waals surface area contributed by atoms with Crippen LogP contribution in [0.1, 0.15) is 30.5 Å². The van der Waals surface area contributed by atoms with Crippen molar-refractivity contribution in [1.29, 1.82) is 0 Å². The predicted octanol–water partition coefficient (Wildman–Crippen LogP) is 2.10. The van der Waals surface area contributed by atoms with Gasteiger partial charge >= 0.3 is 6.18 Å². The van der Waals surface area contributed by atoms with Gasteiger partial charge in [-0.1, -0.05) is 31.2 Å². The zero-order chi connectivity index (χ0) is 16.3. The zero-order valence-corrected chi connectivity index (χ0v) is 12.0. The Bertz CT molecular complexity index is 572. The molecule has 0 bridgehead atoms. The average Bonchev–Trinajstić information content (AvgIpc) is 2.72. The summed E-state index contributed by atoms with van der Waals surface area (Å²) in [5.41, 5.74) is 2.14. The molecule has 0 fully saturated rings. The van der Waals surface area contributed by atoms with Crippen LogP contribution in [0.2, 0.25) is 0 Å². The van der Waals surface area contributed by atoms with E-state index in [0.29, 0.717) is 0 Å². The molecule has 1 aromatic carbocycles. The minimum atomic E-state index is -4.48. The van der Waals surface area contributed by atoms with Crippen LogP contribution in [0.25, 0.3) is 0 Å². The van der Waals surface area contributed by atoms with E-state index in [9.17, 15) is 22.8 Å². The van der Waals surface area contributed by atoms with Crippen LogP contribution in [0.4, 0.5) is 13.2 Å². The van der Waals surface area contributed by atoms with Crippen molar-refractivity contribution in [1.82, 2.24) is 10.6 Å². The molecule has 0 aromatic heterocycles. The van der Waals surface area contributed by atoms with Crippen molar-refractivity contribution in [2.45, 2.75) is 32.0 Å². The lowest BCUT2D eigenvalue weighted by Crippen LogP contribution is -2.38. The molecule has 0 unspecified atom stereocenters. The number of hydrogen-bond acceptors (Lipinski definition) is 2. The third-order valence-electron chi connectivity index (χ3n) is 3.62. The van der Waals surface area contributed by atoms with Gasteiger partial charge in [0.25, 0.3) is 0 Å². The first-order valence-electron chi connectivity index (χ1n) is 6.97. The van der Waals surface area contributed by atoms with Gasteiger partial charge in [-0.25, -0.2) is 0 Å². The van der Waals surface area contributed by atoms with Gasteiger partial charge in [-0.15, -0.1) is 0 Å². The first-order chi connectivity index (χ1) is 10.3. The standard InChI is InChI=1S/C15H17F3N2O2/c1-9-6-10-4-2-3-5-11(10)14(9)20-13(22)7-12(21)19-8-15(16,17)18/h2-5,9,14H,6-8H2,1H3,(H,19,21)(H,20,22)/t9-,14+/m0/s1. The summed E-state index contributed by atoms with van der Waals surface area (Å²) in [4.78, 5) is 23.2. The van der Waals surface area contributed by atoms with E-state index in [2.05, 4.69) is 5.32 Å². The third kappa shape index (κ3) is 4.22. The molecule has 4 nitrogen and oxygen atoms in total. The van der Waals surface area contributed by atoms with E-state index in [4.69, 9.17) is 0 Å². The Morgan fingerprint density at radius 3 is 2.59 bits per heavy atom. The van der Waals surface area contributed by atoms with Gasteiger partial charge in [0.15, 0.2) is 0 Å². The Balaban J connectivity index is 1.89. The second kappa shape index (κ2) is 6.37. The highest BCUT2D eigenvalue weighted by Crippen LogP contribution is 2.35. The zero-order valence-electron chi connectivity index (χ0n) is 12.0. The lowest BCUT2D eigenvalue weighted by atomic mass is 10.0. The summed E-state index contributed by atoms with van der Waals surface area (Å²) in [6.45, 7) is 0.552. The van der Waals surface area contributed by atoms with Crippen molar-refractivity contribution < 1.29 is 22.8 Å².